The predicted molar refractivity (Wildman–Crippen MR) is 67.5 cm³/mol. The summed E-state index contributed by atoms with van der Waals surface area (Å²) in [6, 6.07) is 3.82. The Balaban J connectivity index is 1.68. The number of nitrogens with zero attached hydrogens (tertiary/aromatic N) is 1. The maximum atomic E-state index is 12.2. The Hall–Kier alpha value is -1.62. The number of carbonyl (C=O) groups is 1. The molecule has 1 aliphatic heterocycles. The van der Waals surface area contributed by atoms with E-state index in [0.29, 0.717) is 23.4 Å². The lowest BCUT2D eigenvalue weighted by molar-refractivity contribution is 0.00811. The quantitative estimate of drug-likeness (QED) is 0.837. The molecule has 1 aromatic rings. The highest BCUT2D eigenvalue weighted by Crippen LogP contribution is 2.38. The molecule has 0 radical (unpaired) electrons. The van der Waals surface area contributed by atoms with Gasteiger partial charge in [0.25, 0.3) is 5.91 Å². The van der Waals surface area contributed by atoms with Crippen molar-refractivity contribution in [3.63, 3.8) is 0 Å². The van der Waals surface area contributed by atoms with Crippen molar-refractivity contribution in [2.24, 2.45) is 5.92 Å². The van der Waals surface area contributed by atoms with Crippen LogP contribution >= 0.6 is 0 Å². The molecule has 5 nitrogen and oxygen atoms in total. The molecule has 2 fully saturated rings. The van der Waals surface area contributed by atoms with E-state index in [1.54, 1.807) is 25.4 Å². The minimum atomic E-state index is -0.0530. The smallest absolute Gasteiger partial charge is 0.255 e. The first-order chi connectivity index (χ1) is 8.79. The summed E-state index contributed by atoms with van der Waals surface area (Å²) in [5.74, 6) is 1.07. The summed E-state index contributed by atoms with van der Waals surface area (Å²) in [6.07, 6.45) is 4.04. The van der Waals surface area contributed by atoms with Crippen LogP contribution in [0.5, 0.6) is 0 Å². The van der Waals surface area contributed by atoms with Crippen molar-refractivity contribution < 1.29 is 9.53 Å². The minimum Gasteiger partial charge on any atom is -0.378 e. The first-order valence-electron chi connectivity index (χ1n) is 6.35. The number of aromatic nitrogens is 1. The molecule has 2 aliphatic rings. The predicted octanol–water partition coefficient (Wildman–Crippen LogP) is 1.03. The van der Waals surface area contributed by atoms with Gasteiger partial charge in [-0.2, -0.15) is 0 Å². The van der Waals surface area contributed by atoms with E-state index in [0.717, 1.165) is 19.4 Å². The zero-order valence-corrected chi connectivity index (χ0v) is 10.3. The van der Waals surface area contributed by atoms with Crippen molar-refractivity contribution in [1.82, 2.24) is 10.3 Å². The summed E-state index contributed by atoms with van der Waals surface area (Å²) in [5.41, 5.74) is 0.599. The first kappa shape index (κ1) is 11.5. The number of fused-ring (bicyclic) bond motifs is 1. The van der Waals surface area contributed by atoms with Crippen molar-refractivity contribution in [2.75, 3.05) is 19.0 Å². The Morgan fingerprint density at radius 2 is 2.44 bits per heavy atom. The van der Waals surface area contributed by atoms with Gasteiger partial charge in [-0.1, -0.05) is 0 Å². The van der Waals surface area contributed by atoms with E-state index in [2.05, 4.69) is 15.6 Å². The van der Waals surface area contributed by atoms with Gasteiger partial charge in [0, 0.05) is 31.8 Å². The molecule has 2 N–H and O–H groups in total. The molecule has 0 spiro atoms. The van der Waals surface area contributed by atoms with Gasteiger partial charge in [-0.05, 0) is 25.0 Å². The number of ether oxygens (including phenoxy) is 1. The van der Waals surface area contributed by atoms with E-state index in [9.17, 15) is 4.79 Å². The van der Waals surface area contributed by atoms with Gasteiger partial charge >= 0.3 is 0 Å². The number of amides is 1. The average Bonchev–Trinajstić information content (AvgIpc) is 2.77. The maximum absolute atomic E-state index is 12.2. The fourth-order valence-corrected chi connectivity index (χ4v) is 2.80. The second-order valence-electron chi connectivity index (χ2n) is 4.83. The van der Waals surface area contributed by atoms with E-state index in [1.807, 2.05) is 0 Å². The largest absolute Gasteiger partial charge is 0.378 e. The van der Waals surface area contributed by atoms with E-state index in [4.69, 9.17) is 4.74 Å². The number of anilines is 1. The molecular formula is C13H17N3O2. The summed E-state index contributed by atoms with van der Waals surface area (Å²) in [4.78, 5) is 16.3. The normalized spacial score (nSPS) is 29.3. The summed E-state index contributed by atoms with van der Waals surface area (Å²) < 4.78 is 5.54. The molecule has 18 heavy (non-hydrogen) atoms. The molecule has 1 amide bonds. The summed E-state index contributed by atoms with van der Waals surface area (Å²) in [7, 11) is 1.77. The monoisotopic (exact) mass is 247 g/mol. The third-order valence-corrected chi connectivity index (χ3v) is 3.87. The van der Waals surface area contributed by atoms with Crippen LogP contribution in [0.15, 0.2) is 18.3 Å². The van der Waals surface area contributed by atoms with Crippen molar-refractivity contribution in [3.05, 3.63) is 23.9 Å². The Labute approximate surface area is 106 Å². The van der Waals surface area contributed by atoms with Crippen molar-refractivity contribution in [2.45, 2.75) is 25.0 Å². The van der Waals surface area contributed by atoms with E-state index >= 15 is 0 Å². The third kappa shape index (κ3) is 1.84. The van der Waals surface area contributed by atoms with Crippen LogP contribution in [-0.2, 0) is 4.74 Å². The molecule has 3 atom stereocenters. The standard InChI is InChI=1S/C13H17N3O2/c1-14-12-9(3-2-5-15-12)13(17)16-10-7-11-8(10)4-6-18-11/h2-3,5,8,10-11H,4,6-7H2,1H3,(H,14,15)(H,16,17)/t8-,10+,11+/m1/s1. The Morgan fingerprint density at radius 3 is 3.22 bits per heavy atom. The van der Waals surface area contributed by atoms with Crippen LogP contribution in [0.1, 0.15) is 23.2 Å². The van der Waals surface area contributed by atoms with Crippen LogP contribution < -0.4 is 10.6 Å². The summed E-state index contributed by atoms with van der Waals surface area (Å²) >= 11 is 0. The highest BCUT2D eigenvalue weighted by molar-refractivity contribution is 5.98. The molecule has 0 unspecified atom stereocenters. The van der Waals surface area contributed by atoms with Gasteiger partial charge in [0.1, 0.15) is 5.82 Å². The lowest BCUT2D eigenvalue weighted by Crippen LogP contribution is -2.53. The molecule has 1 aromatic heterocycles. The molecule has 1 aliphatic carbocycles. The molecule has 3 rings (SSSR count). The molecule has 96 valence electrons. The van der Waals surface area contributed by atoms with Crippen LogP contribution in [0, 0.1) is 5.92 Å². The van der Waals surface area contributed by atoms with Gasteiger partial charge in [-0.15, -0.1) is 0 Å². The van der Waals surface area contributed by atoms with Crippen molar-refractivity contribution >= 4 is 11.7 Å². The lowest BCUT2D eigenvalue weighted by Gasteiger charge is -2.39. The topological polar surface area (TPSA) is 63.2 Å². The lowest BCUT2D eigenvalue weighted by atomic mass is 9.76. The number of nitrogens with one attached hydrogen (secondary N) is 2. The molecule has 0 aromatic carbocycles. The fraction of sp³-hybridized carbons (Fsp3) is 0.538. The second-order valence-corrected chi connectivity index (χ2v) is 4.83. The van der Waals surface area contributed by atoms with E-state index in [-0.39, 0.29) is 11.9 Å². The van der Waals surface area contributed by atoms with Gasteiger partial charge in [0.2, 0.25) is 0 Å². The maximum Gasteiger partial charge on any atom is 0.255 e. The Morgan fingerprint density at radius 1 is 1.56 bits per heavy atom. The average molecular weight is 247 g/mol. The van der Waals surface area contributed by atoms with E-state index < -0.39 is 0 Å². The zero-order chi connectivity index (χ0) is 12.5. The highest BCUT2D eigenvalue weighted by Gasteiger charge is 2.45. The van der Waals surface area contributed by atoms with Crippen LogP contribution in [0.25, 0.3) is 0 Å². The van der Waals surface area contributed by atoms with Crippen molar-refractivity contribution in [3.8, 4) is 0 Å². The van der Waals surface area contributed by atoms with Crippen LogP contribution in [0.2, 0.25) is 0 Å². The Kier molecular flexibility index (Phi) is 2.91. The number of carbonyl (C=O) groups excluding carboxylic acids is 1. The Bertz CT molecular complexity index is 463. The SMILES string of the molecule is CNc1ncccc1C(=O)N[C@H]1C[C@@H]2OCC[C@H]12. The number of hydrogen-bond acceptors (Lipinski definition) is 4. The molecule has 0 bridgehead atoms. The fourth-order valence-electron chi connectivity index (χ4n) is 2.80. The molecule has 1 saturated heterocycles. The summed E-state index contributed by atoms with van der Waals surface area (Å²) in [6.45, 7) is 0.830. The summed E-state index contributed by atoms with van der Waals surface area (Å²) in [5, 5.41) is 6.02. The van der Waals surface area contributed by atoms with Crippen molar-refractivity contribution in [1.29, 1.82) is 0 Å². The first-order valence-corrected chi connectivity index (χ1v) is 6.35. The molecule has 5 heteroatoms. The zero-order valence-electron chi connectivity index (χ0n) is 10.3. The molecule has 2 heterocycles. The number of pyridine rings is 1. The van der Waals surface area contributed by atoms with Gasteiger partial charge < -0.3 is 15.4 Å². The van der Waals surface area contributed by atoms with E-state index in [1.165, 1.54) is 0 Å². The van der Waals surface area contributed by atoms with Crippen LogP contribution in [0.4, 0.5) is 5.82 Å². The molecule has 1 saturated carbocycles. The van der Waals surface area contributed by atoms with Gasteiger partial charge in [-0.25, -0.2) is 4.98 Å². The van der Waals surface area contributed by atoms with Gasteiger partial charge in [0.15, 0.2) is 0 Å². The molecular weight excluding hydrogens is 230 g/mol. The minimum absolute atomic E-state index is 0.0530. The van der Waals surface area contributed by atoms with Gasteiger partial charge in [-0.3, -0.25) is 4.79 Å². The highest BCUT2D eigenvalue weighted by atomic mass is 16.5. The second kappa shape index (κ2) is 4.57. The van der Waals surface area contributed by atoms with Crippen LogP contribution in [0.3, 0.4) is 0 Å². The number of rotatable bonds is 3. The van der Waals surface area contributed by atoms with Crippen LogP contribution in [-0.4, -0.2) is 36.7 Å². The van der Waals surface area contributed by atoms with Gasteiger partial charge in [0.05, 0.1) is 11.7 Å². The third-order valence-electron chi connectivity index (χ3n) is 3.87. The number of hydrogen-bond donors (Lipinski definition) is 2.